The Hall–Kier alpha value is -4.30. The monoisotopic (exact) mass is 486 g/mol. The molecule has 35 heavy (non-hydrogen) atoms. The van der Waals surface area contributed by atoms with Crippen molar-refractivity contribution in [3.8, 4) is 5.75 Å². The molecule has 4 aromatic carbocycles. The Morgan fingerprint density at radius 3 is 2.03 bits per heavy atom. The van der Waals surface area contributed by atoms with Gasteiger partial charge in [-0.05, 0) is 66.0 Å². The molecule has 0 fully saturated rings. The molecule has 0 radical (unpaired) electrons. The Bertz CT molecular complexity index is 1380. The van der Waals surface area contributed by atoms with E-state index in [0.717, 1.165) is 4.90 Å². The summed E-state index contributed by atoms with van der Waals surface area (Å²) in [6.07, 6.45) is 0. The number of thioether (sulfide) groups is 1. The number of carboxylic acids is 1. The zero-order valence-corrected chi connectivity index (χ0v) is 19.6. The molecule has 0 unspecified atom stereocenters. The number of aromatic carboxylic acids is 1. The fourth-order valence-electron chi connectivity index (χ4n) is 3.56. The number of anilines is 2. The van der Waals surface area contributed by atoms with Gasteiger partial charge < -0.3 is 20.5 Å². The number of nitrogens with one attached hydrogen (secondary N) is 2. The van der Waals surface area contributed by atoms with Crippen LogP contribution in [0.15, 0.2) is 89.8 Å². The van der Waals surface area contributed by atoms with Gasteiger partial charge in [-0.3, -0.25) is 9.59 Å². The lowest BCUT2D eigenvalue weighted by atomic mass is 9.98. The van der Waals surface area contributed by atoms with Crippen molar-refractivity contribution in [3.05, 3.63) is 96.1 Å². The minimum absolute atomic E-state index is 0.0768. The maximum absolute atomic E-state index is 12.9. The van der Waals surface area contributed by atoms with Crippen molar-refractivity contribution < 1.29 is 24.2 Å². The largest absolute Gasteiger partial charge is 0.497 e. The highest BCUT2D eigenvalue weighted by Gasteiger charge is 2.16. The van der Waals surface area contributed by atoms with E-state index in [1.165, 1.54) is 17.8 Å². The highest BCUT2D eigenvalue weighted by molar-refractivity contribution is 8.00. The molecule has 0 heterocycles. The van der Waals surface area contributed by atoms with E-state index in [0.29, 0.717) is 27.9 Å². The molecule has 0 saturated heterocycles. The Morgan fingerprint density at radius 1 is 0.800 bits per heavy atom. The zero-order chi connectivity index (χ0) is 24.8. The first kappa shape index (κ1) is 23.8. The molecular weight excluding hydrogens is 464 g/mol. The molecule has 4 rings (SSSR count). The number of ether oxygens (including phenoxy) is 1. The first-order chi connectivity index (χ1) is 16.9. The highest BCUT2D eigenvalue weighted by atomic mass is 32.2. The van der Waals surface area contributed by atoms with E-state index in [1.807, 2.05) is 12.1 Å². The second-order valence-corrected chi connectivity index (χ2v) is 8.61. The Morgan fingerprint density at radius 2 is 1.40 bits per heavy atom. The van der Waals surface area contributed by atoms with Crippen LogP contribution < -0.4 is 15.4 Å². The van der Waals surface area contributed by atoms with Crippen LogP contribution in [0.3, 0.4) is 0 Å². The predicted octanol–water partition coefficient (Wildman–Crippen LogP) is 5.53. The summed E-state index contributed by atoms with van der Waals surface area (Å²) in [5, 5.41) is 16.3. The molecule has 8 heteroatoms. The van der Waals surface area contributed by atoms with Gasteiger partial charge in [-0.2, -0.15) is 0 Å². The summed E-state index contributed by atoms with van der Waals surface area (Å²) in [4.78, 5) is 37.7. The third-order valence-electron chi connectivity index (χ3n) is 5.24. The van der Waals surface area contributed by atoms with E-state index in [1.54, 1.807) is 73.8 Å². The Labute approximate surface area is 206 Å². The van der Waals surface area contributed by atoms with Crippen molar-refractivity contribution >= 4 is 51.7 Å². The van der Waals surface area contributed by atoms with Gasteiger partial charge in [-0.25, -0.2) is 4.79 Å². The van der Waals surface area contributed by atoms with Gasteiger partial charge >= 0.3 is 5.97 Å². The molecule has 0 aliphatic carbocycles. The summed E-state index contributed by atoms with van der Waals surface area (Å²) in [6, 6.07) is 24.2. The molecule has 0 aliphatic rings. The number of benzene rings is 4. The molecule has 0 aromatic heterocycles. The average Bonchev–Trinajstić information content (AvgIpc) is 2.88. The maximum atomic E-state index is 12.9. The van der Waals surface area contributed by atoms with Crippen LogP contribution in [0.4, 0.5) is 11.4 Å². The lowest BCUT2D eigenvalue weighted by Gasteiger charge is -2.11. The SMILES string of the molecule is COc1ccc(NC(=O)CSc2ccc(NC(=O)c3cccc4cccc(C(=O)O)c34)cc2)cc1. The lowest BCUT2D eigenvalue weighted by molar-refractivity contribution is -0.113. The van der Waals surface area contributed by atoms with Crippen LogP contribution in [-0.2, 0) is 4.79 Å². The Balaban J connectivity index is 1.38. The normalized spacial score (nSPS) is 10.5. The summed E-state index contributed by atoms with van der Waals surface area (Å²) in [7, 11) is 1.58. The number of carboxylic acid groups (broad SMARTS) is 1. The molecule has 0 bridgehead atoms. The summed E-state index contributed by atoms with van der Waals surface area (Å²) in [5.41, 5.74) is 1.61. The molecule has 0 saturated carbocycles. The number of methoxy groups -OCH3 is 1. The smallest absolute Gasteiger partial charge is 0.336 e. The fourth-order valence-corrected chi connectivity index (χ4v) is 4.26. The number of hydrogen-bond acceptors (Lipinski definition) is 5. The number of hydrogen-bond donors (Lipinski definition) is 3. The van der Waals surface area contributed by atoms with Gasteiger partial charge in [-0.15, -0.1) is 11.8 Å². The van der Waals surface area contributed by atoms with E-state index < -0.39 is 11.9 Å². The molecule has 3 N–H and O–H groups in total. The molecule has 176 valence electrons. The van der Waals surface area contributed by atoms with Crippen molar-refractivity contribution in [2.24, 2.45) is 0 Å². The van der Waals surface area contributed by atoms with E-state index in [-0.39, 0.29) is 22.8 Å². The van der Waals surface area contributed by atoms with Crippen molar-refractivity contribution in [1.29, 1.82) is 0 Å². The van der Waals surface area contributed by atoms with Gasteiger partial charge in [0.2, 0.25) is 5.91 Å². The lowest BCUT2D eigenvalue weighted by Crippen LogP contribution is -2.14. The van der Waals surface area contributed by atoms with Gasteiger partial charge in [0.1, 0.15) is 5.75 Å². The molecule has 2 amide bonds. The summed E-state index contributed by atoms with van der Waals surface area (Å²) >= 11 is 1.37. The highest BCUT2D eigenvalue weighted by Crippen LogP contribution is 2.25. The number of carbonyl (C=O) groups excluding carboxylic acids is 2. The van der Waals surface area contributed by atoms with Crippen molar-refractivity contribution in [2.75, 3.05) is 23.5 Å². The molecule has 0 spiro atoms. The van der Waals surface area contributed by atoms with E-state index in [2.05, 4.69) is 10.6 Å². The van der Waals surface area contributed by atoms with E-state index in [9.17, 15) is 19.5 Å². The zero-order valence-electron chi connectivity index (χ0n) is 18.8. The van der Waals surface area contributed by atoms with Crippen LogP contribution >= 0.6 is 11.8 Å². The van der Waals surface area contributed by atoms with Crippen LogP contribution in [0.1, 0.15) is 20.7 Å². The molecule has 0 aliphatic heterocycles. The third kappa shape index (κ3) is 5.80. The number of rotatable bonds is 8. The van der Waals surface area contributed by atoms with Crippen LogP contribution in [0.5, 0.6) is 5.75 Å². The first-order valence-electron chi connectivity index (χ1n) is 10.7. The third-order valence-corrected chi connectivity index (χ3v) is 6.25. The number of amides is 2. The second kappa shape index (κ2) is 10.8. The number of fused-ring (bicyclic) bond motifs is 1. The summed E-state index contributed by atoms with van der Waals surface area (Å²) < 4.78 is 5.11. The van der Waals surface area contributed by atoms with Crippen molar-refractivity contribution in [2.45, 2.75) is 4.90 Å². The van der Waals surface area contributed by atoms with Crippen molar-refractivity contribution in [1.82, 2.24) is 0 Å². The first-order valence-corrected chi connectivity index (χ1v) is 11.7. The summed E-state index contributed by atoms with van der Waals surface area (Å²) in [6.45, 7) is 0. The van der Waals surface area contributed by atoms with Crippen LogP contribution in [0.25, 0.3) is 10.8 Å². The topological polar surface area (TPSA) is 105 Å². The van der Waals surface area contributed by atoms with Crippen LogP contribution in [0, 0.1) is 0 Å². The standard InChI is InChI=1S/C27H22N2O5S/c1-34-20-12-8-18(9-13-20)28-24(30)16-35-21-14-10-19(11-15-21)29-26(31)22-6-2-4-17-5-3-7-23(25(17)22)27(32)33/h2-15H,16H2,1H3,(H,28,30)(H,29,31)(H,32,33). The maximum Gasteiger partial charge on any atom is 0.336 e. The van der Waals surface area contributed by atoms with Gasteiger partial charge in [0.15, 0.2) is 0 Å². The molecular formula is C27H22N2O5S. The van der Waals surface area contributed by atoms with Crippen LogP contribution in [0.2, 0.25) is 0 Å². The van der Waals surface area contributed by atoms with Gasteiger partial charge in [-0.1, -0.05) is 24.3 Å². The second-order valence-electron chi connectivity index (χ2n) is 7.56. The van der Waals surface area contributed by atoms with Gasteiger partial charge in [0.25, 0.3) is 5.91 Å². The van der Waals surface area contributed by atoms with Crippen molar-refractivity contribution in [3.63, 3.8) is 0 Å². The van der Waals surface area contributed by atoms with E-state index in [4.69, 9.17) is 4.74 Å². The quantitative estimate of drug-likeness (QED) is 0.283. The summed E-state index contributed by atoms with van der Waals surface area (Å²) in [5.74, 6) is -0.682. The minimum Gasteiger partial charge on any atom is -0.497 e. The molecule has 0 atom stereocenters. The molecule has 4 aromatic rings. The average molecular weight is 487 g/mol. The fraction of sp³-hybridized carbons (Fsp3) is 0.0741. The predicted molar refractivity (Wildman–Crippen MR) is 138 cm³/mol. The number of carbonyl (C=O) groups is 3. The van der Waals surface area contributed by atoms with E-state index >= 15 is 0 Å². The van der Waals surface area contributed by atoms with Crippen LogP contribution in [-0.4, -0.2) is 35.8 Å². The van der Waals surface area contributed by atoms with Gasteiger partial charge in [0, 0.05) is 27.2 Å². The Kier molecular flexibility index (Phi) is 7.32. The van der Waals surface area contributed by atoms with Gasteiger partial charge in [0.05, 0.1) is 18.4 Å². The minimum atomic E-state index is -1.09. The molecule has 7 nitrogen and oxygen atoms in total.